The molecule has 0 bridgehead atoms. The number of amides is 4. The molecule has 1 aliphatic carbocycles. The number of urea groups is 1. The molecule has 0 heterocycles. The lowest BCUT2D eigenvalue weighted by Crippen LogP contribution is -2.44. The summed E-state index contributed by atoms with van der Waals surface area (Å²) in [6.45, 7) is -0.586. The molecule has 2 rings (SSSR count). The summed E-state index contributed by atoms with van der Waals surface area (Å²) in [5, 5.41) is 15.7. The molecule has 1 aromatic carbocycles. The van der Waals surface area contributed by atoms with Gasteiger partial charge in [0.2, 0.25) is 5.91 Å². The molecule has 3 N–H and O–H groups in total. The Hall–Kier alpha value is -3.41. The summed E-state index contributed by atoms with van der Waals surface area (Å²) in [5.74, 6) is -1.92. The SMILES string of the molecule is N#CCC(=O)Nc1ccc(C(=O)OCC(=O)NC(=O)NC2CCCC2)cc1. The quantitative estimate of drug-likeness (QED) is 0.647. The number of carbonyl (C=O) groups excluding carboxylic acids is 4. The lowest BCUT2D eigenvalue weighted by atomic mass is 10.2. The van der Waals surface area contributed by atoms with Gasteiger partial charge in [-0.25, -0.2) is 9.59 Å². The van der Waals surface area contributed by atoms with E-state index in [1.807, 2.05) is 0 Å². The zero-order valence-corrected chi connectivity index (χ0v) is 14.6. The summed E-state index contributed by atoms with van der Waals surface area (Å²) in [6, 6.07) is 6.97. The van der Waals surface area contributed by atoms with Crippen LogP contribution >= 0.6 is 0 Å². The number of nitrogens with one attached hydrogen (secondary N) is 3. The summed E-state index contributed by atoms with van der Waals surface area (Å²) < 4.78 is 4.86. The number of imide groups is 1. The molecule has 0 radical (unpaired) electrons. The fourth-order valence-electron chi connectivity index (χ4n) is 2.64. The van der Waals surface area contributed by atoms with Crippen LogP contribution in [0.3, 0.4) is 0 Å². The van der Waals surface area contributed by atoms with Crippen LogP contribution in [-0.4, -0.2) is 36.5 Å². The standard InChI is InChI=1S/C18H20N4O5/c19-10-9-15(23)20-14-7-5-12(6-8-14)17(25)27-11-16(24)22-18(26)21-13-3-1-2-4-13/h5-8,13H,1-4,9,11H2,(H,20,23)(H2,21,22,24,26). The molecule has 0 atom stereocenters. The highest BCUT2D eigenvalue weighted by molar-refractivity contribution is 5.97. The molecule has 1 fully saturated rings. The van der Waals surface area contributed by atoms with E-state index in [4.69, 9.17) is 10.00 Å². The Morgan fingerprint density at radius 1 is 1.07 bits per heavy atom. The average Bonchev–Trinajstić information content (AvgIpc) is 3.13. The molecule has 27 heavy (non-hydrogen) atoms. The Labute approximate surface area is 156 Å². The molecule has 9 heteroatoms. The van der Waals surface area contributed by atoms with Crippen molar-refractivity contribution in [3.05, 3.63) is 29.8 Å². The zero-order valence-electron chi connectivity index (χ0n) is 14.6. The number of hydrogen-bond donors (Lipinski definition) is 3. The van der Waals surface area contributed by atoms with Crippen LogP contribution < -0.4 is 16.0 Å². The largest absolute Gasteiger partial charge is 0.452 e. The Morgan fingerprint density at radius 2 is 1.74 bits per heavy atom. The van der Waals surface area contributed by atoms with Crippen LogP contribution in [0.1, 0.15) is 42.5 Å². The smallest absolute Gasteiger partial charge is 0.338 e. The van der Waals surface area contributed by atoms with Crippen molar-refractivity contribution in [2.45, 2.75) is 38.1 Å². The number of anilines is 1. The van der Waals surface area contributed by atoms with Crippen LogP contribution in [0.15, 0.2) is 24.3 Å². The summed E-state index contributed by atoms with van der Waals surface area (Å²) >= 11 is 0. The number of esters is 1. The highest BCUT2D eigenvalue weighted by atomic mass is 16.5. The van der Waals surface area contributed by atoms with E-state index in [0.29, 0.717) is 5.69 Å². The predicted molar refractivity (Wildman–Crippen MR) is 94.5 cm³/mol. The summed E-state index contributed by atoms with van der Waals surface area (Å²) in [4.78, 5) is 46.6. The van der Waals surface area contributed by atoms with Crippen molar-refractivity contribution in [3.8, 4) is 6.07 Å². The topological polar surface area (TPSA) is 137 Å². The normalized spacial score (nSPS) is 13.3. The maximum absolute atomic E-state index is 11.9. The van der Waals surface area contributed by atoms with Crippen LogP contribution in [0.2, 0.25) is 0 Å². The highest BCUT2D eigenvalue weighted by Gasteiger charge is 2.18. The van der Waals surface area contributed by atoms with Crippen molar-refractivity contribution in [2.75, 3.05) is 11.9 Å². The van der Waals surface area contributed by atoms with Crippen molar-refractivity contribution in [3.63, 3.8) is 0 Å². The second kappa shape index (κ2) is 9.91. The van der Waals surface area contributed by atoms with Crippen molar-refractivity contribution in [1.29, 1.82) is 5.26 Å². The molecule has 0 unspecified atom stereocenters. The highest BCUT2D eigenvalue weighted by Crippen LogP contribution is 2.17. The number of nitriles is 1. The van der Waals surface area contributed by atoms with Crippen molar-refractivity contribution >= 4 is 29.5 Å². The first-order chi connectivity index (χ1) is 13.0. The molecule has 0 aliphatic heterocycles. The van der Waals surface area contributed by atoms with Gasteiger partial charge >= 0.3 is 12.0 Å². The summed E-state index contributed by atoms with van der Waals surface area (Å²) in [5.41, 5.74) is 0.601. The van der Waals surface area contributed by atoms with Gasteiger partial charge in [0.25, 0.3) is 5.91 Å². The Balaban J connectivity index is 1.74. The second-order valence-corrected chi connectivity index (χ2v) is 6.04. The molecular weight excluding hydrogens is 352 g/mol. The van der Waals surface area contributed by atoms with Gasteiger partial charge in [-0.1, -0.05) is 12.8 Å². The molecule has 0 spiro atoms. The number of rotatable bonds is 6. The number of carbonyl (C=O) groups is 4. The molecule has 1 aromatic rings. The zero-order chi connectivity index (χ0) is 19.6. The van der Waals surface area contributed by atoms with Crippen LogP contribution in [0, 0.1) is 11.3 Å². The molecule has 0 saturated heterocycles. The lowest BCUT2D eigenvalue weighted by Gasteiger charge is -2.12. The molecule has 9 nitrogen and oxygen atoms in total. The molecule has 1 saturated carbocycles. The first kappa shape index (κ1) is 19.9. The number of benzene rings is 1. The lowest BCUT2D eigenvalue weighted by molar-refractivity contribution is -0.123. The van der Waals surface area contributed by atoms with Crippen molar-refractivity contribution < 1.29 is 23.9 Å². The third-order valence-electron chi connectivity index (χ3n) is 3.92. The predicted octanol–water partition coefficient (Wildman–Crippen LogP) is 1.46. The minimum absolute atomic E-state index is 0.0764. The fourth-order valence-corrected chi connectivity index (χ4v) is 2.64. The second-order valence-electron chi connectivity index (χ2n) is 6.04. The van der Waals surface area contributed by atoms with E-state index >= 15 is 0 Å². The van der Waals surface area contributed by atoms with Crippen LogP contribution in [-0.2, 0) is 14.3 Å². The van der Waals surface area contributed by atoms with E-state index in [9.17, 15) is 19.2 Å². The number of ether oxygens (including phenoxy) is 1. The third-order valence-corrected chi connectivity index (χ3v) is 3.92. The van der Waals surface area contributed by atoms with Gasteiger partial charge in [0.1, 0.15) is 6.42 Å². The molecule has 1 aliphatic rings. The van der Waals surface area contributed by atoms with E-state index in [1.54, 1.807) is 6.07 Å². The first-order valence-corrected chi connectivity index (χ1v) is 8.52. The monoisotopic (exact) mass is 372 g/mol. The number of nitrogens with zero attached hydrogens (tertiary/aromatic N) is 1. The number of hydrogen-bond acceptors (Lipinski definition) is 6. The van der Waals surface area contributed by atoms with Crippen molar-refractivity contribution in [1.82, 2.24) is 10.6 Å². The van der Waals surface area contributed by atoms with Gasteiger partial charge in [-0.3, -0.25) is 14.9 Å². The Kier molecular flexibility index (Phi) is 7.31. The van der Waals surface area contributed by atoms with Gasteiger partial charge in [0.05, 0.1) is 11.6 Å². The minimum atomic E-state index is -0.740. The average molecular weight is 372 g/mol. The van der Waals surface area contributed by atoms with Crippen LogP contribution in [0.4, 0.5) is 10.5 Å². The van der Waals surface area contributed by atoms with Gasteiger partial charge in [0.15, 0.2) is 6.61 Å². The van der Waals surface area contributed by atoms with Gasteiger partial charge < -0.3 is 15.4 Å². The Morgan fingerprint density at radius 3 is 2.37 bits per heavy atom. The summed E-state index contributed by atoms with van der Waals surface area (Å²) in [7, 11) is 0. The molecule has 0 aromatic heterocycles. The maximum Gasteiger partial charge on any atom is 0.338 e. The Bertz CT molecular complexity index is 748. The van der Waals surface area contributed by atoms with E-state index in [2.05, 4.69) is 16.0 Å². The fraction of sp³-hybridized carbons (Fsp3) is 0.389. The molecular formula is C18H20N4O5. The van der Waals surface area contributed by atoms with Crippen molar-refractivity contribution in [2.24, 2.45) is 0 Å². The van der Waals surface area contributed by atoms with Gasteiger partial charge in [-0.15, -0.1) is 0 Å². The van der Waals surface area contributed by atoms with Crippen LogP contribution in [0.25, 0.3) is 0 Å². The summed E-state index contributed by atoms with van der Waals surface area (Å²) in [6.07, 6.45) is 3.62. The maximum atomic E-state index is 11.9. The van der Waals surface area contributed by atoms with E-state index in [1.165, 1.54) is 24.3 Å². The van der Waals surface area contributed by atoms with E-state index in [0.717, 1.165) is 25.7 Å². The third kappa shape index (κ3) is 6.78. The van der Waals surface area contributed by atoms with Gasteiger partial charge in [0, 0.05) is 11.7 Å². The van der Waals surface area contributed by atoms with Crippen LogP contribution in [0.5, 0.6) is 0 Å². The van der Waals surface area contributed by atoms with Gasteiger partial charge in [-0.2, -0.15) is 5.26 Å². The van der Waals surface area contributed by atoms with Gasteiger partial charge in [-0.05, 0) is 37.1 Å². The molecule has 4 amide bonds. The first-order valence-electron chi connectivity index (χ1n) is 8.52. The van der Waals surface area contributed by atoms with E-state index < -0.39 is 30.4 Å². The minimum Gasteiger partial charge on any atom is -0.452 e. The molecule has 142 valence electrons. The van der Waals surface area contributed by atoms with E-state index in [-0.39, 0.29) is 18.0 Å².